The molecule has 0 saturated heterocycles. The van der Waals surface area contributed by atoms with Gasteiger partial charge in [-0.1, -0.05) is 17.8 Å². The third kappa shape index (κ3) is 9.41. The molecule has 0 aliphatic heterocycles. The molecule has 0 unspecified atom stereocenters. The van der Waals surface area contributed by atoms with Gasteiger partial charge in [-0.05, 0) is 13.8 Å². The van der Waals surface area contributed by atoms with E-state index >= 15 is 0 Å². The smallest absolute Gasteiger partial charge is 0.191 e. The van der Waals surface area contributed by atoms with Crippen molar-refractivity contribution >= 4 is 35.3 Å². The first-order chi connectivity index (χ1) is 6.06. The standard InChI is InChI=1S/C8H16N4S.ClH/c1-4-5-13-8(11-6(2)3)12-7(9)10;/h4,6H,1,5H2,2-3H3,(H4,9,10,11,12);1H. The van der Waals surface area contributed by atoms with E-state index in [1.807, 2.05) is 13.8 Å². The summed E-state index contributed by atoms with van der Waals surface area (Å²) in [5.74, 6) is 0.669. The third-order valence-electron chi connectivity index (χ3n) is 0.955. The van der Waals surface area contributed by atoms with Crippen LogP contribution in [0, 0.1) is 5.41 Å². The van der Waals surface area contributed by atoms with Gasteiger partial charge in [0.15, 0.2) is 11.1 Å². The summed E-state index contributed by atoms with van der Waals surface area (Å²) in [4.78, 5) is 4.25. The van der Waals surface area contributed by atoms with Crippen molar-refractivity contribution in [3.63, 3.8) is 0 Å². The molecule has 0 aromatic rings. The number of nitrogens with two attached hydrogens (primary N) is 1. The topological polar surface area (TPSA) is 74.3 Å². The summed E-state index contributed by atoms with van der Waals surface area (Å²) < 4.78 is 0. The molecule has 0 amide bonds. The summed E-state index contributed by atoms with van der Waals surface area (Å²) in [6.07, 6.45) is 1.78. The monoisotopic (exact) mass is 236 g/mol. The summed E-state index contributed by atoms with van der Waals surface area (Å²) in [5.41, 5.74) is 5.19. The number of guanidine groups is 1. The van der Waals surface area contributed by atoms with Gasteiger partial charge in [-0.15, -0.1) is 19.0 Å². The summed E-state index contributed by atoms with van der Waals surface area (Å²) in [6, 6.07) is 0.194. The molecule has 0 aliphatic carbocycles. The summed E-state index contributed by atoms with van der Waals surface area (Å²) in [7, 11) is 0. The van der Waals surface area contributed by atoms with Crippen molar-refractivity contribution in [2.24, 2.45) is 10.7 Å². The van der Waals surface area contributed by atoms with Gasteiger partial charge in [-0.25, -0.2) is 0 Å². The second-order valence-corrected chi connectivity index (χ2v) is 3.68. The van der Waals surface area contributed by atoms with Gasteiger partial charge in [0, 0.05) is 11.8 Å². The van der Waals surface area contributed by atoms with E-state index in [0.29, 0.717) is 5.17 Å². The van der Waals surface area contributed by atoms with Crippen LogP contribution in [0.1, 0.15) is 13.8 Å². The van der Waals surface area contributed by atoms with Crippen LogP contribution >= 0.6 is 24.2 Å². The van der Waals surface area contributed by atoms with Crippen molar-refractivity contribution < 1.29 is 0 Å². The minimum absolute atomic E-state index is 0. The molecule has 6 heteroatoms. The number of aliphatic imine (C=N–C) groups is 1. The van der Waals surface area contributed by atoms with Crippen LogP contribution in [0.3, 0.4) is 0 Å². The van der Waals surface area contributed by atoms with Gasteiger partial charge in [0.05, 0.1) is 0 Å². The van der Waals surface area contributed by atoms with Gasteiger partial charge in [0.25, 0.3) is 0 Å². The van der Waals surface area contributed by atoms with E-state index in [4.69, 9.17) is 11.1 Å². The fourth-order valence-corrected chi connectivity index (χ4v) is 1.34. The maximum Gasteiger partial charge on any atom is 0.191 e. The van der Waals surface area contributed by atoms with Crippen molar-refractivity contribution in [3.8, 4) is 0 Å². The first-order valence-corrected chi connectivity index (χ1v) is 4.97. The van der Waals surface area contributed by atoms with Crippen LogP contribution in [0.2, 0.25) is 0 Å². The molecule has 0 rings (SSSR count). The van der Waals surface area contributed by atoms with Crippen LogP contribution in [0.4, 0.5) is 0 Å². The number of hydrogen-bond acceptors (Lipinski definition) is 3. The molecule has 0 heterocycles. The molecule has 0 aromatic carbocycles. The normalized spacial score (nSPS) is 10.6. The molecule has 0 saturated carbocycles. The predicted molar refractivity (Wildman–Crippen MR) is 67.5 cm³/mol. The summed E-state index contributed by atoms with van der Waals surface area (Å²) in [6.45, 7) is 7.54. The molecule has 0 radical (unpaired) electrons. The third-order valence-corrected chi connectivity index (χ3v) is 1.84. The van der Waals surface area contributed by atoms with Crippen LogP contribution in [0.15, 0.2) is 17.6 Å². The summed E-state index contributed by atoms with van der Waals surface area (Å²) >= 11 is 1.48. The molecule has 4 N–H and O–H groups in total. The van der Waals surface area contributed by atoms with Gasteiger partial charge >= 0.3 is 0 Å². The highest BCUT2D eigenvalue weighted by atomic mass is 35.5. The van der Waals surface area contributed by atoms with Gasteiger partial charge in [0.1, 0.15) is 0 Å². The highest BCUT2D eigenvalue weighted by molar-refractivity contribution is 8.14. The number of nitrogens with one attached hydrogen (secondary N) is 2. The lowest BCUT2D eigenvalue weighted by Crippen LogP contribution is -2.34. The maximum atomic E-state index is 7.05. The van der Waals surface area contributed by atoms with Crippen molar-refractivity contribution in [2.45, 2.75) is 19.9 Å². The number of thioether (sulfide) groups is 1. The van der Waals surface area contributed by atoms with Gasteiger partial charge in [-0.3, -0.25) is 10.4 Å². The second-order valence-electron chi connectivity index (χ2n) is 2.67. The highest BCUT2D eigenvalue weighted by Gasteiger charge is 2.00. The van der Waals surface area contributed by atoms with Crippen LogP contribution in [-0.2, 0) is 0 Å². The second kappa shape index (κ2) is 8.90. The van der Waals surface area contributed by atoms with Gasteiger partial charge < -0.3 is 11.1 Å². The average molecular weight is 237 g/mol. The number of amidine groups is 1. The molecule has 82 valence electrons. The quantitative estimate of drug-likeness (QED) is 0.396. The Balaban J connectivity index is 0. The molecule has 0 fully saturated rings. The van der Waals surface area contributed by atoms with Crippen LogP contribution < -0.4 is 11.1 Å². The van der Waals surface area contributed by atoms with E-state index < -0.39 is 0 Å². The molecule has 0 aliphatic rings. The van der Waals surface area contributed by atoms with E-state index in [2.05, 4.69) is 16.9 Å². The number of nitrogens with zero attached hydrogens (tertiary/aromatic N) is 1. The largest absolute Gasteiger partial charge is 0.370 e. The first-order valence-electron chi connectivity index (χ1n) is 3.98. The first kappa shape index (κ1) is 15.8. The summed E-state index contributed by atoms with van der Waals surface area (Å²) in [5, 5.41) is 10.4. The number of halogens is 1. The van der Waals surface area contributed by atoms with E-state index in [-0.39, 0.29) is 24.4 Å². The van der Waals surface area contributed by atoms with Crippen LogP contribution in [0.25, 0.3) is 0 Å². The zero-order valence-electron chi connectivity index (χ0n) is 8.41. The van der Waals surface area contributed by atoms with Crippen molar-refractivity contribution in [1.29, 1.82) is 5.41 Å². The van der Waals surface area contributed by atoms with E-state index in [9.17, 15) is 0 Å². The van der Waals surface area contributed by atoms with Crippen LogP contribution in [-0.4, -0.2) is 22.9 Å². The molecule has 4 nitrogen and oxygen atoms in total. The Morgan fingerprint density at radius 1 is 1.71 bits per heavy atom. The van der Waals surface area contributed by atoms with Crippen molar-refractivity contribution in [2.75, 3.05) is 5.75 Å². The Hall–Kier alpha value is -0.680. The zero-order valence-corrected chi connectivity index (χ0v) is 10.0. The lowest BCUT2D eigenvalue weighted by molar-refractivity contribution is 0.834. The molecule has 0 atom stereocenters. The number of hydrogen-bond donors (Lipinski definition) is 3. The van der Waals surface area contributed by atoms with E-state index in [1.54, 1.807) is 6.08 Å². The fraction of sp³-hybridized carbons (Fsp3) is 0.500. The Labute approximate surface area is 95.4 Å². The fourth-order valence-electron chi connectivity index (χ4n) is 0.593. The minimum atomic E-state index is -0.0871. The lowest BCUT2D eigenvalue weighted by atomic mass is 10.4. The Bertz CT molecular complexity index is 215. The molecule has 0 spiro atoms. The van der Waals surface area contributed by atoms with E-state index in [1.165, 1.54) is 11.8 Å². The van der Waals surface area contributed by atoms with Crippen molar-refractivity contribution in [3.05, 3.63) is 12.7 Å². The maximum absolute atomic E-state index is 7.05. The predicted octanol–water partition coefficient (Wildman–Crippen LogP) is 1.57. The Morgan fingerprint density at radius 2 is 2.29 bits per heavy atom. The molecule has 0 bridgehead atoms. The minimum Gasteiger partial charge on any atom is -0.370 e. The Morgan fingerprint density at radius 3 is 2.64 bits per heavy atom. The molecular formula is C8H17ClN4S. The van der Waals surface area contributed by atoms with Crippen molar-refractivity contribution in [1.82, 2.24) is 5.32 Å². The highest BCUT2D eigenvalue weighted by Crippen LogP contribution is 2.03. The lowest BCUT2D eigenvalue weighted by Gasteiger charge is -2.07. The average Bonchev–Trinajstić information content (AvgIpc) is 1.98. The van der Waals surface area contributed by atoms with Gasteiger partial charge in [-0.2, -0.15) is 0 Å². The van der Waals surface area contributed by atoms with Crippen LogP contribution in [0.5, 0.6) is 0 Å². The van der Waals surface area contributed by atoms with Gasteiger partial charge in [0.2, 0.25) is 0 Å². The zero-order chi connectivity index (χ0) is 10.3. The van der Waals surface area contributed by atoms with E-state index in [0.717, 1.165) is 5.75 Å². The molecule has 14 heavy (non-hydrogen) atoms. The molecular weight excluding hydrogens is 220 g/mol. The SMILES string of the molecule is C=CCSC(=NC(C)C)NC(=N)N.Cl. The Kier molecular flexibility index (Phi) is 10.0. The molecule has 0 aromatic heterocycles. The number of rotatable bonds is 3.